The maximum atomic E-state index is 12.6. The lowest BCUT2D eigenvalue weighted by Gasteiger charge is -2.27. The second kappa shape index (κ2) is 3.88. The first kappa shape index (κ1) is 10.5. The van der Waals surface area contributed by atoms with Gasteiger partial charge in [0.05, 0.1) is 0 Å². The molecule has 1 fully saturated rings. The minimum atomic E-state index is -5.01. The molecule has 0 aliphatic carbocycles. The van der Waals surface area contributed by atoms with Crippen LogP contribution in [0.5, 0.6) is 0 Å². The molecule has 2 rings (SSSR count). The first-order valence-corrected chi connectivity index (χ1v) is 4.94. The molecule has 1 aliphatic heterocycles. The molecule has 15 heavy (non-hydrogen) atoms. The van der Waals surface area contributed by atoms with Crippen molar-refractivity contribution in [3.8, 4) is 0 Å². The Morgan fingerprint density at radius 3 is 2.80 bits per heavy atom. The van der Waals surface area contributed by atoms with E-state index >= 15 is 0 Å². The van der Waals surface area contributed by atoms with Crippen LogP contribution in [-0.4, -0.2) is 23.4 Å². The van der Waals surface area contributed by atoms with Crippen LogP contribution in [-0.2, 0) is 4.74 Å². The predicted octanol–water partition coefficient (Wildman–Crippen LogP) is 1.64. The summed E-state index contributed by atoms with van der Waals surface area (Å²) in [5, 5.41) is 3.69. The van der Waals surface area contributed by atoms with E-state index in [2.05, 4.69) is 5.10 Å². The third kappa shape index (κ3) is 2.17. The second-order valence-corrected chi connectivity index (χ2v) is 3.60. The van der Waals surface area contributed by atoms with Crippen LogP contribution in [0.1, 0.15) is 25.5 Å². The van der Waals surface area contributed by atoms with E-state index in [1.54, 1.807) is 0 Å². The summed E-state index contributed by atoms with van der Waals surface area (Å²) in [4.78, 5) is 0. The highest BCUT2D eigenvalue weighted by Crippen LogP contribution is 2.22. The van der Waals surface area contributed by atoms with Crippen LogP contribution in [0.3, 0.4) is 0 Å². The Bertz CT molecular complexity index is 333. The molecular weight excluding hydrogens is 208 g/mol. The van der Waals surface area contributed by atoms with Gasteiger partial charge in [-0.2, -0.15) is 5.10 Å². The Morgan fingerprint density at radius 2 is 2.20 bits per heavy atom. The van der Waals surface area contributed by atoms with Crippen molar-refractivity contribution >= 4 is 12.6 Å². The summed E-state index contributed by atoms with van der Waals surface area (Å²) in [6, 6.07) is 0.998. The fourth-order valence-corrected chi connectivity index (χ4v) is 1.74. The van der Waals surface area contributed by atoms with Gasteiger partial charge in [0.2, 0.25) is 0 Å². The van der Waals surface area contributed by atoms with Crippen LogP contribution in [0, 0.1) is 0 Å². The molecule has 0 amide bonds. The van der Waals surface area contributed by atoms with Gasteiger partial charge in [0.1, 0.15) is 6.23 Å². The molecule has 7 heteroatoms. The lowest BCUT2D eigenvalue weighted by molar-refractivity contribution is -0.0380. The molecule has 0 saturated carbocycles. The Morgan fingerprint density at radius 1 is 1.40 bits per heavy atom. The largest absolute Gasteiger partial charge is 0.527 e. The van der Waals surface area contributed by atoms with E-state index in [0.29, 0.717) is 13.0 Å². The van der Waals surface area contributed by atoms with Crippen molar-refractivity contribution in [1.82, 2.24) is 9.78 Å². The lowest BCUT2D eigenvalue weighted by Crippen LogP contribution is -2.42. The standard InChI is InChI=1S/C8H11BF3N2O/c10-9(11,12)7-4-5-13-14(7)8-3-1-2-6-15-8/h4-5,8H,1-3,6H2/q-1. The Balaban J connectivity index is 2.24. The molecule has 1 aromatic rings. The fraction of sp³-hybridized carbons (Fsp3) is 0.625. The monoisotopic (exact) mass is 219 g/mol. The maximum absolute atomic E-state index is 12.6. The molecule has 2 heterocycles. The molecular formula is C8H11BF3N2O-. The zero-order valence-corrected chi connectivity index (χ0v) is 8.07. The van der Waals surface area contributed by atoms with Crippen molar-refractivity contribution in [2.24, 2.45) is 0 Å². The van der Waals surface area contributed by atoms with E-state index in [0.717, 1.165) is 23.6 Å². The van der Waals surface area contributed by atoms with Gasteiger partial charge >= 0.3 is 6.98 Å². The summed E-state index contributed by atoms with van der Waals surface area (Å²) in [5.41, 5.74) is -0.679. The molecule has 1 aromatic heterocycles. The van der Waals surface area contributed by atoms with Crippen molar-refractivity contribution in [3.63, 3.8) is 0 Å². The van der Waals surface area contributed by atoms with Crippen molar-refractivity contribution in [1.29, 1.82) is 0 Å². The van der Waals surface area contributed by atoms with Crippen molar-refractivity contribution in [3.05, 3.63) is 12.3 Å². The van der Waals surface area contributed by atoms with E-state index in [9.17, 15) is 12.9 Å². The minimum absolute atomic E-state index is 0.509. The number of rotatable bonds is 2. The summed E-state index contributed by atoms with van der Waals surface area (Å²) in [6.45, 7) is -4.50. The number of ether oxygens (including phenoxy) is 1. The van der Waals surface area contributed by atoms with Gasteiger partial charge < -0.3 is 17.7 Å². The topological polar surface area (TPSA) is 27.1 Å². The Kier molecular flexibility index (Phi) is 2.73. The molecule has 84 valence electrons. The van der Waals surface area contributed by atoms with Gasteiger partial charge in [-0.15, -0.1) is 0 Å². The molecule has 0 spiro atoms. The molecule has 1 atom stereocenters. The van der Waals surface area contributed by atoms with Crippen LogP contribution in [0.15, 0.2) is 12.3 Å². The maximum Gasteiger partial charge on any atom is 0.527 e. The average molecular weight is 219 g/mol. The minimum Gasteiger partial charge on any atom is -0.444 e. The van der Waals surface area contributed by atoms with Gasteiger partial charge in [-0.1, -0.05) is 6.07 Å². The molecule has 0 N–H and O–H groups in total. The predicted molar refractivity (Wildman–Crippen MR) is 49.8 cm³/mol. The number of hydrogen-bond acceptors (Lipinski definition) is 2. The van der Waals surface area contributed by atoms with Crippen LogP contribution >= 0.6 is 0 Å². The molecule has 0 radical (unpaired) electrons. The number of nitrogens with zero attached hydrogens (tertiary/aromatic N) is 2. The molecule has 0 bridgehead atoms. The highest BCUT2D eigenvalue weighted by Gasteiger charge is 2.32. The number of hydrogen-bond donors (Lipinski definition) is 0. The van der Waals surface area contributed by atoms with E-state index in [1.807, 2.05) is 0 Å². The number of aromatic nitrogens is 2. The Labute approximate surface area is 85.3 Å². The third-order valence-corrected chi connectivity index (χ3v) is 2.46. The van der Waals surface area contributed by atoms with Gasteiger partial charge in [-0.3, -0.25) is 4.68 Å². The summed E-state index contributed by atoms with van der Waals surface area (Å²) in [6.07, 6.45) is 3.01. The Hall–Kier alpha value is -0.975. The van der Waals surface area contributed by atoms with E-state index in [1.165, 1.54) is 6.20 Å². The van der Waals surface area contributed by atoms with Crippen LogP contribution in [0.25, 0.3) is 0 Å². The SMILES string of the molecule is F[B-](F)(F)c1ccnn1C1CCCCO1. The molecule has 1 unspecified atom stereocenters. The smallest absolute Gasteiger partial charge is 0.444 e. The van der Waals surface area contributed by atoms with Crippen LogP contribution in [0.4, 0.5) is 12.9 Å². The van der Waals surface area contributed by atoms with E-state index in [4.69, 9.17) is 4.74 Å². The molecule has 0 aromatic carbocycles. The van der Waals surface area contributed by atoms with E-state index in [-0.39, 0.29) is 0 Å². The van der Waals surface area contributed by atoms with Gasteiger partial charge in [0, 0.05) is 12.8 Å². The van der Waals surface area contributed by atoms with Crippen LogP contribution in [0.2, 0.25) is 0 Å². The quantitative estimate of drug-likeness (QED) is 0.707. The highest BCUT2D eigenvalue weighted by atomic mass is 19.4. The first-order chi connectivity index (χ1) is 7.09. The number of halogens is 3. The summed E-state index contributed by atoms with van der Waals surface area (Å²) in [7, 11) is 0. The normalized spacial score (nSPS) is 23.0. The zero-order valence-electron chi connectivity index (χ0n) is 8.07. The summed E-state index contributed by atoms with van der Waals surface area (Å²) in [5.74, 6) is 0. The van der Waals surface area contributed by atoms with Crippen molar-refractivity contribution in [2.75, 3.05) is 6.61 Å². The molecule has 1 aliphatic rings. The zero-order chi connectivity index (χ0) is 10.9. The first-order valence-electron chi connectivity index (χ1n) is 4.94. The lowest BCUT2D eigenvalue weighted by atomic mass is 9.86. The second-order valence-electron chi connectivity index (χ2n) is 3.60. The van der Waals surface area contributed by atoms with Crippen LogP contribution < -0.4 is 5.59 Å². The van der Waals surface area contributed by atoms with Gasteiger partial charge in [-0.05, 0) is 24.9 Å². The van der Waals surface area contributed by atoms with E-state index < -0.39 is 18.8 Å². The third-order valence-electron chi connectivity index (χ3n) is 2.46. The van der Waals surface area contributed by atoms with Gasteiger partial charge in [-0.25, -0.2) is 0 Å². The molecule has 3 nitrogen and oxygen atoms in total. The summed E-state index contributed by atoms with van der Waals surface area (Å²) < 4.78 is 44.0. The highest BCUT2D eigenvalue weighted by molar-refractivity contribution is 6.72. The molecule has 1 saturated heterocycles. The summed E-state index contributed by atoms with van der Waals surface area (Å²) >= 11 is 0. The fourth-order valence-electron chi connectivity index (χ4n) is 1.74. The van der Waals surface area contributed by atoms with Crippen molar-refractivity contribution in [2.45, 2.75) is 25.5 Å². The van der Waals surface area contributed by atoms with Gasteiger partial charge in [0.25, 0.3) is 0 Å². The average Bonchev–Trinajstić information content (AvgIpc) is 2.67. The van der Waals surface area contributed by atoms with Crippen molar-refractivity contribution < 1.29 is 17.7 Å². The van der Waals surface area contributed by atoms with Gasteiger partial charge in [0.15, 0.2) is 0 Å².